The normalized spacial score (nSPS) is 10.9. The molecule has 0 saturated heterocycles. The number of thiophene rings is 1. The summed E-state index contributed by atoms with van der Waals surface area (Å²) in [6, 6.07) is 15.1. The second-order valence-electron chi connectivity index (χ2n) is 6.60. The van der Waals surface area contributed by atoms with Crippen molar-refractivity contribution in [1.82, 2.24) is 4.98 Å². The Hall–Kier alpha value is -3.27. The molecule has 2 aromatic heterocycles. The summed E-state index contributed by atoms with van der Waals surface area (Å²) in [5.41, 5.74) is 7.08. The molecule has 2 amide bonds. The molecule has 7 nitrogen and oxygen atoms in total. The number of fused-ring (bicyclic) bond motifs is 1. The van der Waals surface area contributed by atoms with Crippen molar-refractivity contribution in [3.8, 4) is 0 Å². The zero-order chi connectivity index (χ0) is 21.3. The molecule has 4 rings (SSSR count). The van der Waals surface area contributed by atoms with Gasteiger partial charge < -0.3 is 21.5 Å². The molecule has 0 saturated carbocycles. The zero-order valence-electron chi connectivity index (χ0n) is 15.9. The van der Waals surface area contributed by atoms with E-state index in [2.05, 4.69) is 15.6 Å². The first kappa shape index (κ1) is 20.0. The van der Waals surface area contributed by atoms with E-state index in [0.29, 0.717) is 15.0 Å². The van der Waals surface area contributed by atoms with Crippen LogP contribution in [0.15, 0.2) is 48.5 Å². The largest absolute Gasteiger partial charge is 0.392 e. The summed E-state index contributed by atoms with van der Waals surface area (Å²) >= 11 is 2.51. The van der Waals surface area contributed by atoms with E-state index in [4.69, 9.17) is 5.73 Å². The van der Waals surface area contributed by atoms with Crippen molar-refractivity contribution < 1.29 is 14.7 Å². The number of nitrogens with zero attached hydrogens (tertiary/aromatic N) is 1. The fraction of sp³-hybridized carbons (Fsp3) is 0.0952. The maximum absolute atomic E-state index is 12.5. The van der Waals surface area contributed by atoms with Crippen LogP contribution >= 0.6 is 22.7 Å². The van der Waals surface area contributed by atoms with Gasteiger partial charge in [0.25, 0.3) is 11.8 Å². The van der Waals surface area contributed by atoms with Crippen LogP contribution in [-0.2, 0) is 6.61 Å². The van der Waals surface area contributed by atoms with Gasteiger partial charge in [-0.2, -0.15) is 0 Å². The third kappa shape index (κ3) is 4.18. The third-order valence-electron chi connectivity index (χ3n) is 4.39. The van der Waals surface area contributed by atoms with Crippen molar-refractivity contribution in [1.29, 1.82) is 0 Å². The summed E-state index contributed by atoms with van der Waals surface area (Å²) in [7, 11) is 0. The molecular formula is C21H18N4O3S2. The number of anilines is 3. The molecule has 0 bridgehead atoms. The van der Waals surface area contributed by atoms with Crippen LogP contribution in [0.2, 0.25) is 0 Å². The number of aliphatic hydroxyl groups is 1. The van der Waals surface area contributed by atoms with Gasteiger partial charge in [0.2, 0.25) is 0 Å². The van der Waals surface area contributed by atoms with Gasteiger partial charge in [0.15, 0.2) is 10.8 Å². The van der Waals surface area contributed by atoms with Crippen LogP contribution in [-0.4, -0.2) is 21.9 Å². The lowest BCUT2D eigenvalue weighted by Gasteiger charge is -2.06. The second kappa shape index (κ2) is 8.23. The van der Waals surface area contributed by atoms with Crippen LogP contribution in [0.3, 0.4) is 0 Å². The minimum atomic E-state index is -0.716. The van der Waals surface area contributed by atoms with Crippen LogP contribution in [0.4, 0.5) is 15.8 Å². The molecule has 2 aromatic carbocycles. The van der Waals surface area contributed by atoms with Crippen LogP contribution < -0.4 is 16.4 Å². The first-order chi connectivity index (χ1) is 14.4. The molecule has 5 N–H and O–H groups in total. The number of aliphatic hydroxyl groups excluding tert-OH is 1. The van der Waals surface area contributed by atoms with E-state index in [9.17, 15) is 14.7 Å². The summed E-state index contributed by atoms with van der Waals surface area (Å²) in [5, 5.41) is 17.9. The number of nitrogens with one attached hydrogen (secondary N) is 2. The number of carbonyl (C=O) groups is 2. The molecule has 0 fully saturated rings. The summed E-state index contributed by atoms with van der Waals surface area (Å²) in [4.78, 5) is 30.1. The maximum Gasteiger partial charge on any atom is 0.270 e. The van der Waals surface area contributed by atoms with Gasteiger partial charge in [-0.3, -0.25) is 9.59 Å². The standard InChI is InChI=1S/C21H18N4O3S2/c1-11-2-7-16(29-11)19(28)25-20-17(18(22)27)24-21(30-20)23-15-6-5-13-8-12(10-26)3-4-14(13)9-15/h2-9,26H,10H2,1H3,(H2,22,27)(H,23,24)(H,25,28). The lowest BCUT2D eigenvalue weighted by molar-refractivity contribution is 0.0997. The number of aromatic nitrogens is 1. The minimum absolute atomic E-state index is 0.00944. The van der Waals surface area contributed by atoms with Crippen molar-refractivity contribution in [2.45, 2.75) is 13.5 Å². The number of rotatable bonds is 6. The van der Waals surface area contributed by atoms with Gasteiger partial charge in [0, 0.05) is 10.6 Å². The van der Waals surface area contributed by atoms with Crippen molar-refractivity contribution >= 4 is 61.1 Å². The highest BCUT2D eigenvalue weighted by Gasteiger charge is 2.19. The smallest absolute Gasteiger partial charge is 0.270 e. The van der Waals surface area contributed by atoms with Gasteiger partial charge in [0.1, 0.15) is 5.00 Å². The van der Waals surface area contributed by atoms with Gasteiger partial charge in [-0.1, -0.05) is 29.5 Å². The Labute approximate surface area is 180 Å². The Morgan fingerprint density at radius 2 is 1.83 bits per heavy atom. The summed E-state index contributed by atoms with van der Waals surface area (Å²) in [5.74, 6) is -1.02. The van der Waals surface area contributed by atoms with E-state index >= 15 is 0 Å². The van der Waals surface area contributed by atoms with Gasteiger partial charge in [-0.15, -0.1) is 11.3 Å². The van der Waals surface area contributed by atoms with Gasteiger partial charge in [-0.05, 0) is 53.6 Å². The van der Waals surface area contributed by atoms with E-state index in [1.165, 1.54) is 11.3 Å². The number of hydrogen-bond donors (Lipinski definition) is 4. The zero-order valence-corrected chi connectivity index (χ0v) is 17.6. The highest BCUT2D eigenvalue weighted by atomic mass is 32.1. The number of aryl methyl sites for hydroxylation is 1. The predicted octanol–water partition coefficient (Wildman–Crippen LogP) is 4.25. The molecule has 0 aliphatic carbocycles. The van der Waals surface area contributed by atoms with Crippen LogP contribution in [0.1, 0.15) is 30.6 Å². The van der Waals surface area contributed by atoms with E-state index in [1.54, 1.807) is 6.07 Å². The number of nitrogens with two attached hydrogens (primary N) is 1. The average molecular weight is 439 g/mol. The molecule has 0 spiro atoms. The Morgan fingerprint density at radius 3 is 2.53 bits per heavy atom. The Balaban J connectivity index is 1.58. The number of carbonyl (C=O) groups excluding carboxylic acids is 2. The number of amides is 2. The van der Waals surface area contributed by atoms with E-state index in [0.717, 1.165) is 38.2 Å². The number of thiazole rings is 1. The fourth-order valence-corrected chi connectivity index (χ4v) is 4.59. The lowest BCUT2D eigenvalue weighted by atomic mass is 10.1. The number of hydrogen-bond acceptors (Lipinski definition) is 7. The molecule has 152 valence electrons. The van der Waals surface area contributed by atoms with Crippen molar-refractivity contribution in [2.75, 3.05) is 10.6 Å². The van der Waals surface area contributed by atoms with Crippen molar-refractivity contribution in [2.24, 2.45) is 5.73 Å². The first-order valence-corrected chi connectivity index (χ1v) is 10.7. The van der Waals surface area contributed by atoms with Gasteiger partial charge in [-0.25, -0.2) is 4.98 Å². The predicted molar refractivity (Wildman–Crippen MR) is 121 cm³/mol. The number of benzene rings is 2. The van der Waals surface area contributed by atoms with E-state index in [-0.39, 0.29) is 18.2 Å². The minimum Gasteiger partial charge on any atom is -0.392 e. The SMILES string of the molecule is Cc1ccc(C(=O)Nc2sc(Nc3ccc4cc(CO)ccc4c3)nc2C(N)=O)s1. The summed E-state index contributed by atoms with van der Waals surface area (Å²) in [6.07, 6.45) is 0. The van der Waals surface area contributed by atoms with Crippen LogP contribution in [0.5, 0.6) is 0 Å². The topological polar surface area (TPSA) is 117 Å². The molecule has 0 atom stereocenters. The Kier molecular flexibility index (Phi) is 5.49. The van der Waals surface area contributed by atoms with E-state index < -0.39 is 5.91 Å². The molecule has 0 aliphatic rings. The molecule has 30 heavy (non-hydrogen) atoms. The van der Waals surface area contributed by atoms with Crippen LogP contribution in [0, 0.1) is 6.92 Å². The van der Waals surface area contributed by atoms with E-state index in [1.807, 2.05) is 49.4 Å². The quantitative estimate of drug-likeness (QED) is 0.359. The summed E-state index contributed by atoms with van der Waals surface area (Å²) < 4.78 is 0. The average Bonchev–Trinajstić information content (AvgIpc) is 3.33. The highest BCUT2D eigenvalue weighted by Crippen LogP contribution is 2.32. The Morgan fingerprint density at radius 1 is 1.07 bits per heavy atom. The van der Waals surface area contributed by atoms with Gasteiger partial charge >= 0.3 is 0 Å². The Bertz CT molecular complexity index is 1260. The highest BCUT2D eigenvalue weighted by molar-refractivity contribution is 7.20. The molecule has 0 radical (unpaired) electrons. The second-order valence-corrected chi connectivity index (χ2v) is 8.89. The molecule has 0 aliphatic heterocycles. The van der Waals surface area contributed by atoms with Gasteiger partial charge in [0.05, 0.1) is 11.5 Å². The monoisotopic (exact) mass is 438 g/mol. The molecule has 9 heteroatoms. The maximum atomic E-state index is 12.5. The van der Waals surface area contributed by atoms with Crippen molar-refractivity contribution in [3.05, 3.63) is 69.5 Å². The summed E-state index contributed by atoms with van der Waals surface area (Å²) in [6.45, 7) is 1.91. The lowest BCUT2D eigenvalue weighted by Crippen LogP contribution is -2.16. The van der Waals surface area contributed by atoms with Crippen LogP contribution in [0.25, 0.3) is 10.8 Å². The molecular weight excluding hydrogens is 420 g/mol. The van der Waals surface area contributed by atoms with Crippen molar-refractivity contribution in [3.63, 3.8) is 0 Å². The fourth-order valence-electron chi connectivity index (χ4n) is 2.94. The third-order valence-corrected chi connectivity index (χ3v) is 6.28. The molecule has 0 unspecified atom stereocenters. The molecule has 2 heterocycles. The number of primary amides is 1. The molecule has 4 aromatic rings. The first-order valence-electron chi connectivity index (χ1n) is 9.02.